The Morgan fingerprint density at radius 1 is 1.27 bits per heavy atom. The van der Waals surface area contributed by atoms with E-state index >= 15 is 0 Å². The number of rotatable bonds is 6. The maximum Gasteiger partial charge on any atom is 0.261 e. The van der Waals surface area contributed by atoms with Gasteiger partial charge < -0.3 is 15.6 Å². The number of aromatic nitrogens is 1. The number of anilines is 2. The molecular weight excluding hydrogens is 414 g/mol. The van der Waals surface area contributed by atoms with Gasteiger partial charge in [0, 0.05) is 21.2 Å². The number of hydrogen-bond acceptors (Lipinski definition) is 4. The van der Waals surface area contributed by atoms with E-state index in [1.165, 1.54) is 0 Å². The lowest BCUT2D eigenvalue weighted by Gasteiger charge is -2.17. The van der Waals surface area contributed by atoms with Crippen molar-refractivity contribution >= 4 is 33.5 Å². The number of benzene rings is 1. The van der Waals surface area contributed by atoms with Crippen LogP contribution in [0.5, 0.6) is 0 Å². The normalized spacial score (nSPS) is 12.7. The van der Waals surface area contributed by atoms with Gasteiger partial charge in [-0.3, -0.25) is 9.52 Å². The number of sulfonamides is 1. The molecule has 170 valence electrons. The number of halogens is 2. The highest BCUT2D eigenvalue weighted by atomic mass is 32.2. The van der Waals surface area contributed by atoms with E-state index in [1.807, 2.05) is 31.6 Å². The molecule has 1 amide bonds. The van der Waals surface area contributed by atoms with Crippen molar-refractivity contribution in [1.82, 2.24) is 10.3 Å². The first kappa shape index (κ1) is 23.4. The van der Waals surface area contributed by atoms with E-state index < -0.39 is 38.8 Å². The van der Waals surface area contributed by atoms with Crippen molar-refractivity contribution in [3.05, 3.63) is 52.4 Å². The lowest BCUT2D eigenvalue weighted by Crippen LogP contribution is -2.30. The highest BCUT2D eigenvalue weighted by molar-refractivity contribution is 7.92. The number of carbonyl (C=O) groups is 1. The Bertz CT molecular complexity index is 1080. The molecule has 3 rings (SSSR count). The van der Waals surface area contributed by atoms with Crippen LogP contribution in [-0.2, 0) is 10.0 Å². The second kappa shape index (κ2) is 9.75. The molecule has 0 saturated heterocycles. The van der Waals surface area contributed by atoms with E-state index in [0.29, 0.717) is 12.1 Å². The number of amides is 1. The van der Waals surface area contributed by atoms with E-state index in [2.05, 4.69) is 15.6 Å². The summed E-state index contributed by atoms with van der Waals surface area (Å²) in [4.78, 5) is 15.6. The summed E-state index contributed by atoms with van der Waals surface area (Å²) in [5.74, 6) is -2.78. The maximum absolute atomic E-state index is 14.7. The minimum atomic E-state index is -3.79. The molecule has 1 aromatic carbocycles. The summed E-state index contributed by atoms with van der Waals surface area (Å²) in [6, 6.07) is 3.66. The van der Waals surface area contributed by atoms with Gasteiger partial charge in [0.2, 0.25) is 10.0 Å². The molecule has 0 fully saturated rings. The van der Waals surface area contributed by atoms with E-state index in [0.717, 1.165) is 29.2 Å². The van der Waals surface area contributed by atoms with Crippen molar-refractivity contribution in [2.45, 2.75) is 34.1 Å². The van der Waals surface area contributed by atoms with E-state index in [1.54, 1.807) is 13.0 Å². The first-order chi connectivity index (χ1) is 14.2. The topological polar surface area (TPSA) is 103 Å². The van der Waals surface area contributed by atoms with Crippen LogP contribution in [-0.4, -0.2) is 31.6 Å². The Balaban J connectivity index is 0. The van der Waals surface area contributed by atoms with E-state index in [9.17, 15) is 22.0 Å². The van der Waals surface area contributed by atoms with Gasteiger partial charge in [0.15, 0.2) is 5.82 Å². The van der Waals surface area contributed by atoms with E-state index in [4.69, 9.17) is 0 Å². The Morgan fingerprint density at radius 2 is 1.97 bits per heavy atom. The van der Waals surface area contributed by atoms with Crippen molar-refractivity contribution in [1.29, 1.82) is 0 Å². The third kappa shape index (κ3) is 5.38. The van der Waals surface area contributed by atoms with Crippen LogP contribution < -0.4 is 15.4 Å². The Labute approximate surface area is 179 Å². The van der Waals surface area contributed by atoms with Crippen molar-refractivity contribution in [2.75, 3.05) is 22.3 Å². The smallest absolute Gasteiger partial charge is 0.261 e. The lowest BCUT2D eigenvalue weighted by molar-refractivity contribution is 0.0957. The summed E-state index contributed by atoms with van der Waals surface area (Å²) in [5, 5.41) is 5.53. The summed E-state index contributed by atoms with van der Waals surface area (Å²) in [6.07, 6.45) is 2.02. The van der Waals surface area contributed by atoms with Crippen LogP contribution in [0.25, 0.3) is 6.08 Å². The van der Waals surface area contributed by atoms with Gasteiger partial charge in [-0.1, -0.05) is 20.8 Å². The molecule has 4 N–H and O–H groups in total. The molecule has 1 aliphatic rings. The molecule has 0 bridgehead atoms. The second-order valence-electron chi connectivity index (χ2n) is 6.46. The summed E-state index contributed by atoms with van der Waals surface area (Å²) in [6.45, 7) is 7.79. The fourth-order valence-electron chi connectivity index (χ4n) is 2.91. The van der Waals surface area contributed by atoms with Gasteiger partial charge in [-0.05, 0) is 37.6 Å². The van der Waals surface area contributed by atoms with E-state index in [-0.39, 0.29) is 16.6 Å². The van der Waals surface area contributed by atoms with Crippen LogP contribution in [0, 0.1) is 18.6 Å². The summed E-state index contributed by atoms with van der Waals surface area (Å²) < 4.78 is 54.6. The predicted octanol–water partition coefficient (Wildman–Crippen LogP) is 4.71. The molecule has 0 aliphatic carbocycles. The largest absolute Gasteiger partial charge is 0.366 e. The number of carbonyl (C=O) groups excluding carboxylic acids is 1. The number of hydrogen-bond donors (Lipinski definition) is 4. The van der Waals surface area contributed by atoms with Crippen LogP contribution in [0.15, 0.2) is 23.9 Å². The molecule has 2 heterocycles. The molecule has 30 heavy (non-hydrogen) atoms. The molecule has 1 aliphatic heterocycles. The first-order valence-corrected chi connectivity index (χ1v) is 11.3. The molecular formula is C20H32F2N4O3S. The minimum absolute atomic E-state index is 0. The first-order valence-electron chi connectivity index (χ1n) is 9.64. The predicted molar refractivity (Wildman–Crippen MR) is 121 cm³/mol. The fraction of sp³-hybridized carbons (Fsp3) is 0.350. The third-order valence-electron chi connectivity index (χ3n) is 4.10. The third-order valence-corrected chi connectivity index (χ3v) is 5.58. The highest BCUT2D eigenvalue weighted by Crippen LogP contribution is 2.25. The molecule has 0 unspecified atom stereocenters. The monoisotopic (exact) mass is 446 g/mol. The van der Waals surface area contributed by atoms with Gasteiger partial charge in [-0.2, -0.15) is 0 Å². The number of H-pyrrole nitrogens is 1. The van der Waals surface area contributed by atoms with Crippen LogP contribution in [0.2, 0.25) is 0 Å². The van der Waals surface area contributed by atoms with Crippen molar-refractivity contribution in [2.24, 2.45) is 0 Å². The van der Waals surface area contributed by atoms with Crippen molar-refractivity contribution < 1.29 is 26.3 Å². The number of nitrogens with one attached hydrogen (secondary N) is 4. The van der Waals surface area contributed by atoms with Crippen molar-refractivity contribution in [3.63, 3.8) is 0 Å². The Hall–Kier alpha value is -2.88. The van der Waals surface area contributed by atoms with Crippen LogP contribution >= 0.6 is 0 Å². The van der Waals surface area contributed by atoms with Crippen LogP contribution in [0.1, 0.15) is 53.1 Å². The molecule has 7 nitrogen and oxygen atoms in total. The maximum atomic E-state index is 14.7. The van der Waals surface area contributed by atoms with Gasteiger partial charge in [-0.15, -0.1) is 0 Å². The van der Waals surface area contributed by atoms with Gasteiger partial charge in [0.1, 0.15) is 17.2 Å². The number of fused-ring (bicyclic) bond motifs is 1. The standard InChI is InChI=1S/C18H20F2N4O3S.C2H6.3H2/c1-3-6-28(26,27)24-14-5-4-13(19)15(16(14)20)18(25)23-12-8-11-7-10(2)22-17(11)21-9-12;1-2;;;/h4-5,7-8,21-22,24H,3,6,9H2,1-2H3,(H,23,25);1-2H3;3*1H. The zero-order chi connectivity index (χ0) is 22.5. The zero-order valence-electron chi connectivity index (χ0n) is 17.3. The molecule has 0 saturated carbocycles. The quantitative estimate of drug-likeness (QED) is 0.516. The second-order valence-corrected chi connectivity index (χ2v) is 8.31. The summed E-state index contributed by atoms with van der Waals surface area (Å²) >= 11 is 0. The van der Waals surface area contributed by atoms with Crippen LogP contribution in [0.3, 0.4) is 0 Å². The average Bonchev–Trinajstić information content (AvgIpc) is 3.05. The summed E-state index contributed by atoms with van der Waals surface area (Å²) in [7, 11) is -3.79. The molecule has 1 aromatic heterocycles. The average molecular weight is 447 g/mol. The SMILES string of the molecule is CC.CCCS(=O)(=O)Nc1ccc(F)c(C(=O)NC2=Cc3cc(C)[nH]c3NC2)c1F.[HH].[HH].[HH]. The van der Waals surface area contributed by atoms with Gasteiger partial charge >= 0.3 is 0 Å². The molecule has 0 radical (unpaired) electrons. The fourth-order valence-corrected chi connectivity index (χ4v) is 4.04. The Kier molecular flexibility index (Phi) is 7.60. The number of aryl methyl sites for hydroxylation is 1. The minimum Gasteiger partial charge on any atom is -0.366 e. The van der Waals surface area contributed by atoms with Gasteiger partial charge in [0.25, 0.3) is 5.91 Å². The molecule has 2 aromatic rings. The van der Waals surface area contributed by atoms with Gasteiger partial charge in [0.05, 0.1) is 18.0 Å². The Morgan fingerprint density at radius 3 is 2.63 bits per heavy atom. The van der Waals surface area contributed by atoms with Gasteiger partial charge in [-0.25, -0.2) is 17.2 Å². The summed E-state index contributed by atoms with van der Waals surface area (Å²) in [5.41, 5.74) is 0.826. The molecule has 10 heteroatoms. The lowest BCUT2D eigenvalue weighted by atomic mass is 10.1. The number of aromatic amines is 1. The molecule has 0 spiro atoms. The van der Waals surface area contributed by atoms with Crippen molar-refractivity contribution in [3.8, 4) is 0 Å². The highest BCUT2D eigenvalue weighted by Gasteiger charge is 2.24. The van der Waals surface area contributed by atoms with Crippen LogP contribution in [0.4, 0.5) is 20.3 Å². The zero-order valence-corrected chi connectivity index (χ0v) is 18.1. The molecule has 0 atom stereocenters.